The predicted octanol–water partition coefficient (Wildman–Crippen LogP) is 2.80. The Labute approximate surface area is 107 Å². The molecular formula is C12H19ClN4. The van der Waals surface area contributed by atoms with Crippen molar-refractivity contribution in [1.82, 2.24) is 9.97 Å². The van der Waals surface area contributed by atoms with Crippen LogP contribution in [-0.2, 0) is 0 Å². The van der Waals surface area contributed by atoms with Crippen molar-refractivity contribution >= 4 is 23.4 Å². The maximum Gasteiger partial charge on any atom is 0.224 e. The van der Waals surface area contributed by atoms with E-state index >= 15 is 0 Å². The monoisotopic (exact) mass is 254 g/mol. The molecule has 0 spiro atoms. The summed E-state index contributed by atoms with van der Waals surface area (Å²) in [6.45, 7) is 5.06. The minimum Gasteiger partial charge on any atom is -0.355 e. The minimum absolute atomic E-state index is 0.483. The highest BCUT2D eigenvalue weighted by molar-refractivity contribution is 6.32. The Balaban J connectivity index is 2.19. The molecule has 1 aliphatic rings. The third-order valence-corrected chi connectivity index (χ3v) is 3.58. The summed E-state index contributed by atoms with van der Waals surface area (Å²) in [4.78, 5) is 10.8. The number of hydrogen-bond acceptors (Lipinski definition) is 4. The Morgan fingerprint density at radius 1 is 1.59 bits per heavy atom. The molecule has 94 valence electrons. The smallest absolute Gasteiger partial charge is 0.224 e. The van der Waals surface area contributed by atoms with Gasteiger partial charge in [-0.3, -0.25) is 0 Å². The molecule has 1 saturated carbocycles. The van der Waals surface area contributed by atoms with Gasteiger partial charge >= 0.3 is 0 Å². The largest absolute Gasteiger partial charge is 0.355 e. The highest BCUT2D eigenvalue weighted by Crippen LogP contribution is 2.37. The van der Waals surface area contributed by atoms with Crippen LogP contribution in [-0.4, -0.2) is 29.6 Å². The highest BCUT2D eigenvalue weighted by atomic mass is 35.5. The van der Waals surface area contributed by atoms with E-state index < -0.39 is 0 Å². The molecule has 0 aliphatic heterocycles. The molecule has 1 aromatic heterocycles. The second kappa shape index (κ2) is 5.08. The zero-order valence-corrected chi connectivity index (χ0v) is 11.3. The lowest BCUT2D eigenvalue weighted by Crippen LogP contribution is -2.31. The maximum absolute atomic E-state index is 6.17. The topological polar surface area (TPSA) is 41.1 Å². The van der Waals surface area contributed by atoms with Crippen molar-refractivity contribution in [1.29, 1.82) is 0 Å². The zero-order valence-electron chi connectivity index (χ0n) is 10.6. The lowest BCUT2D eigenvalue weighted by atomic mass is 10.2. The van der Waals surface area contributed by atoms with Gasteiger partial charge in [-0.15, -0.1) is 0 Å². The molecule has 1 atom stereocenters. The molecule has 0 radical (unpaired) electrons. The van der Waals surface area contributed by atoms with Crippen molar-refractivity contribution in [2.24, 2.45) is 5.92 Å². The van der Waals surface area contributed by atoms with Gasteiger partial charge in [-0.25, -0.2) is 4.98 Å². The number of hydrogen-bond donors (Lipinski definition) is 1. The minimum atomic E-state index is 0.483. The van der Waals surface area contributed by atoms with Crippen LogP contribution in [0.5, 0.6) is 0 Å². The van der Waals surface area contributed by atoms with Crippen molar-refractivity contribution < 1.29 is 0 Å². The molecule has 0 amide bonds. The van der Waals surface area contributed by atoms with E-state index in [0.717, 1.165) is 18.3 Å². The first-order chi connectivity index (χ1) is 8.13. The van der Waals surface area contributed by atoms with Crippen LogP contribution >= 0.6 is 11.6 Å². The number of halogens is 1. The lowest BCUT2D eigenvalue weighted by molar-refractivity contribution is 0.603. The quantitative estimate of drug-likeness (QED) is 0.877. The average molecular weight is 255 g/mol. The fourth-order valence-corrected chi connectivity index (χ4v) is 2.16. The SMILES string of the molecule is CCNc1ncc(Cl)c(N(C)C(C)C2CC2)n1. The number of aromatic nitrogens is 2. The fourth-order valence-electron chi connectivity index (χ4n) is 1.94. The first-order valence-corrected chi connectivity index (χ1v) is 6.50. The van der Waals surface area contributed by atoms with Crippen LogP contribution in [0.25, 0.3) is 0 Å². The summed E-state index contributed by atoms with van der Waals surface area (Å²) in [5.74, 6) is 2.24. The molecule has 4 nitrogen and oxygen atoms in total. The second-order valence-electron chi connectivity index (χ2n) is 4.58. The van der Waals surface area contributed by atoms with Crippen molar-refractivity contribution in [3.8, 4) is 0 Å². The van der Waals surface area contributed by atoms with E-state index in [0.29, 0.717) is 17.0 Å². The van der Waals surface area contributed by atoms with Crippen molar-refractivity contribution in [3.05, 3.63) is 11.2 Å². The zero-order chi connectivity index (χ0) is 12.4. The first kappa shape index (κ1) is 12.4. The Morgan fingerprint density at radius 2 is 2.29 bits per heavy atom. The van der Waals surface area contributed by atoms with Gasteiger partial charge in [0.25, 0.3) is 0 Å². The van der Waals surface area contributed by atoms with Crippen molar-refractivity contribution in [2.45, 2.75) is 32.7 Å². The summed E-state index contributed by atoms with van der Waals surface area (Å²) in [7, 11) is 2.05. The van der Waals surface area contributed by atoms with Gasteiger partial charge in [0.15, 0.2) is 5.82 Å². The van der Waals surface area contributed by atoms with Crippen molar-refractivity contribution in [3.63, 3.8) is 0 Å². The molecule has 0 saturated heterocycles. The third-order valence-electron chi connectivity index (χ3n) is 3.31. The van der Waals surface area contributed by atoms with Gasteiger partial charge in [0.2, 0.25) is 5.95 Å². The maximum atomic E-state index is 6.17. The van der Waals surface area contributed by atoms with E-state index in [1.165, 1.54) is 12.8 Å². The van der Waals surface area contributed by atoms with E-state index in [2.05, 4.69) is 27.1 Å². The Bertz CT molecular complexity index is 392. The summed E-state index contributed by atoms with van der Waals surface area (Å²) in [6.07, 6.45) is 4.29. The number of nitrogens with one attached hydrogen (secondary N) is 1. The molecule has 0 aromatic carbocycles. The van der Waals surface area contributed by atoms with Gasteiger partial charge < -0.3 is 10.2 Å². The number of rotatable bonds is 5. The van der Waals surface area contributed by atoms with E-state index in [1.807, 2.05) is 14.0 Å². The summed E-state index contributed by atoms with van der Waals surface area (Å²) < 4.78 is 0. The van der Waals surface area contributed by atoms with E-state index in [4.69, 9.17) is 11.6 Å². The van der Waals surface area contributed by atoms with Crippen LogP contribution < -0.4 is 10.2 Å². The van der Waals surface area contributed by atoms with Gasteiger partial charge in [0.1, 0.15) is 5.02 Å². The number of nitrogens with zero attached hydrogens (tertiary/aromatic N) is 3. The van der Waals surface area contributed by atoms with Gasteiger partial charge in [-0.05, 0) is 32.6 Å². The van der Waals surface area contributed by atoms with Crippen LogP contribution in [0.4, 0.5) is 11.8 Å². The van der Waals surface area contributed by atoms with Gasteiger partial charge in [-0.1, -0.05) is 11.6 Å². The Hall–Kier alpha value is -1.03. The summed E-state index contributed by atoms with van der Waals surface area (Å²) >= 11 is 6.17. The van der Waals surface area contributed by atoms with E-state index in [1.54, 1.807) is 6.20 Å². The first-order valence-electron chi connectivity index (χ1n) is 6.12. The van der Waals surface area contributed by atoms with Crippen LogP contribution in [0.1, 0.15) is 26.7 Å². The van der Waals surface area contributed by atoms with E-state index in [-0.39, 0.29) is 0 Å². The Kier molecular flexibility index (Phi) is 3.72. The molecule has 1 aromatic rings. The van der Waals surface area contributed by atoms with Gasteiger partial charge in [0.05, 0.1) is 6.20 Å². The molecule has 0 bridgehead atoms. The summed E-state index contributed by atoms with van der Waals surface area (Å²) in [5.41, 5.74) is 0. The molecule has 1 N–H and O–H groups in total. The average Bonchev–Trinajstić information content (AvgIpc) is 3.14. The Morgan fingerprint density at radius 3 is 2.88 bits per heavy atom. The van der Waals surface area contributed by atoms with Crippen LogP contribution in [0.2, 0.25) is 5.02 Å². The normalized spacial score (nSPS) is 16.7. The molecule has 1 heterocycles. The molecule has 1 fully saturated rings. The molecule has 1 unspecified atom stereocenters. The van der Waals surface area contributed by atoms with Crippen LogP contribution in [0, 0.1) is 5.92 Å². The van der Waals surface area contributed by atoms with Gasteiger partial charge in [0, 0.05) is 19.6 Å². The molecule has 5 heteroatoms. The molecule has 17 heavy (non-hydrogen) atoms. The summed E-state index contributed by atoms with van der Waals surface area (Å²) in [5, 5.41) is 3.72. The molecule has 1 aliphatic carbocycles. The summed E-state index contributed by atoms with van der Waals surface area (Å²) in [6, 6.07) is 0.483. The predicted molar refractivity (Wildman–Crippen MR) is 71.8 cm³/mol. The van der Waals surface area contributed by atoms with Gasteiger partial charge in [-0.2, -0.15) is 4.98 Å². The third kappa shape index (κ3) is 2.80. The standard InChI is InChI=1S/C12H19ClN4/c1-4-14-12-15-7-10(13)11(16-12)17(3)8(2)9-5-6-9/h7-9H,4-6H2,1-3H3,(H,14,15,16). The molecule has 2 rings (SSSR count). The highest BCUT2D eigenvalue weighted by Gasteiger charge is 2.31. The van der Waals surface area contributed by atoms with E-state index in [9.17, 15) is 0 Å². The van der Waals surface area contributed by atoms with Crippen molar-refractivity contribution in [2.75, 3.05) is 23.8 Å². The van der Waals surface area contributed by atoms with Crippen LogP contribution in [0.3, 0.4) is 0 Å². The van der Waals surface area contributed by atoms with Crippen LogP contribution in [0.15, 0.2) is 6.20 Å². The lowest BCUT2D eigenvalue weighted by Gasteiger charge is -2.26. The fraction of sp³-hybridized carbons (Fsp3) is 0.667. The number of anilines is 2. The molecular weight excluding hydrogens is 236 g/mol. The second-order valence-corrected chi connectivity index (χ2v) is 4.99.